The Balaban J connectivity index is 2.72. The van der Waals surface area contributed by atoms with Crippen molar-refractivity contribution < 1.29 is 4.39 Å². The summed E-state index contributed by atoms with van der Waals surface area (Å²) in [5, 5.41) is 0.550. The number of benzene rings is 1. The third-order valence-electron chi connectivity index (χ3n) is 1.36. The van der Waals surface area contributed by atoms with E-state index in [1.807, 2.05) is 0 Å². The second kappa shape index (κ2) is 4.53. The Hall–Kier alpha value is -0.670. The van der Waals surface area contributed by atoms with Gasteiger partial charge in [-0.2, -0.15) is 0 Å². The Morgan fingerprint density at radius 1 is 1.62 bits per heavy atom. The second-order valence-corrected chi connectivity index (χ2v) is 4.04. The number of thioether (sulfide) groups is 1. The van der Waals surface area contributed by atoms with Gasteiger partial charge in [-0.25, -0.2) is 4.39 Å². The lowest BCUT2D eigenvalue weighted by molar-refractivity contribution is 0.627. The maximum Gasteiger partial charge on any atom is 0.125 e. The molecule has 0 aliphatic carbocycles. The maximum absolute atomic E-state index is 12.6. The van der Waals surface area contributed by atoms with Crippen LogP contribution in [0.15, 0.2) is 34.7 Å². The molecular weight excluding hydrogens is 209 g/mol. The van der Waals surface area contributed by atoms with E-state index in [-0.39, 0.29) is 5.82 Å². The summed E-state index contributed by atoms with van der Waals surface area (Å²) in [6.07, 6.45) is 0. The van der Waals surface area contributed by atoms with Gasteiger partial charge in [-0.3, -0.25) is 0 Å². The Bertz CT molecular complexity index is 327. The summed E-state index contributed by atoms with van der Waals surface area (Å²) in [5.74, 6) is 0.253. The molecule has 0 fully saturated rings. The zero-order valence-corrected chi connectivity index (χ0v) is 8.46. The van der Waals surface area contributed by atoms with Gasteiger partial charge in [0, 0.05) is 21.4 Å². The van der Waals surface area contributed by atoms with Crippen molar-refractivity contribution in [2.75, 3.05) is 11.5 Å². The fourth-order valence-electron chi connectivity index (χ4n) is 0.807. The van der Waals surface area contributed by atoms with E-state index in [0.717, 1.165) is 4.90 Å². The first-order valence-corrected chi connectivity index (χ1v) is 4.97. The maximum atomic E-state index is 12.6. The summed E-state index contributed by atoms with van der Waals surface area (Å²) < 4.78 is 12.6. The van der Waals surface area contributed by atoms with Crippen LogP contribution in [-0.2, 0) is 0 Å². The SMILES string of the molecule is C=C(Cl)CSc1ccc(F)cc1N. The van der Waals surface area contributed by atoms with Crippen molar-refractivity contribution >= 4 is 29.1 Å². The van der Waals surface area contributed by atoms with E-state index in [1.165, 1.54) is 23.9 Å². The quantitative estimate of drug-likeness (QED) is 0.621. The van der Waals surface area contributed by atoms with Crippen molar-refractivity contribution in [3.63, 3.8) is 0 Å². The van der Waals surface area contributed by atoms with Gasteiger partial charge in [0.05, 0.1) is 0 Å². The molecule has 0 aliphatic heterocycles. The molecule has 0 heterocycles. The number of rotatable bonds is 3. The van der Waals surface area contributed by atoms with Crippen LogP contribution in [0.1, 0.15) is 0 Å². The first kappa shape index (κ1) is 10.4. The first-order chi connectivity index (χ1) is 6.09. The van der Waals surface area contributed by atoms with Crippen molar-refractivity contribution in [2.45, 2.75) is 4.90 Å². The lowest BCUT2D eigenvalue weighted by Crippen LogP contribution is -1.90. The summed E-state index contributed by atoms with van der Waals surface area (Å²) in [6.45, 7) is 3.55. The van der Waals surface area contributed by atoms with Gasteiger partial charge in [0.1, 0.15) is 5.82 Å². The normalized spacial score (nSPS) is 10.0. The van der Waals surface area contributed by atoms with Crippen LogP contribution in [0.5, 0.6) is 0 Å². The summed E-state index contributed by atoms with van der Waals surface area (Å²) >= 11 is 7.02. The van der Waals surface area contributed by atoms with Crippen molar-refractivity contribution in [3.05, 3.63) is 35.6 Å². The molecule has 0 amide bonds. The molecule has 0 atom stereocenters. The topological polar surface area (TPSA) is 26.0 Å². The smallest absolute Gasteiger partial charge is 0.125 e. The highest BCUT2D eigenvalue weighted by atomic mass is 35.5. The third kappa shape index (κ3) is 3.28. The van der Waals surface area contributed by atoms with E-state index in [9.17, 15) is 4.39 Å². The molecule has 0 saturated carbocycles. The van der Waals surface area contributed by atoms with Crippen LogP contribution in [-0.4, -0.2) is 5.75 Å². The largest absolute Gasteiger partial charge is 0.398 e. The van der Waals surface area contributed by atoms with Crippen LogP contribution >= 0.6 is 23.4 Å². The fraction of sp³-hybridized carbons (Fsp3) is 0.111. The van der Waals surface area contributed by atoms with Gasteiger partial charge in [0.2, 0.25) is 0 Å². The van der Waals surface area contributed by atoms with Crippen LogP contribution in [0.4, 0.5) is 10.1 Å². The number of nitrogen functional groups attached to an aromatic ring is 1. The van der Waals surface area contributed by atoms with Gasteiger partial charge in [0.15, 0.2) is 0 Å². The van der Waals surface area contributed by atoms with Crippen LogP contribution in [0.25, 0.3) is 0 Å². The fourth-order valence-corrected chi connectivity index (χ4v) is 1.67. The van der Waals surface area contributed by atoms with E-state index >= 15 is 0 Å². The minimum atomic E-state index is -0.327. The van der Waals surface area contributed by atoms with E-state index in [0.29, 0.717) is 16.5 Å². The number of anilines is 1. The zero-order valence-electron chi connectivity index (χ0n) is 6.89. The van der Waals surface area contributed by atoms with E-state index < -0.39 is 0 Å². The summed E-state index contributed by atoms with van der Waals surface area (Å²) in [6, 6.07) is 4.30. The molecule has 1 rings (SSSR count). The first-order valence-electron chi connectivity index (χ1n) is 3.60. The van der Waals surface area contributed by atoms with E-state index in [1.54, 1.807) is 6.07 Å². The Labute approximate surface area is 85.8 Å². The highest BCUT2D eigenvalue weighted by Gasteiger charge is 2.01. The van der Waals surface area contributed by atoms with Crippen molar-refractivity contribution in [2.24, 2.45) is 0 Å². The van der Waals surface area contributed by atoms with Gasteiger partial charge in [-0.1, -0.05) is 18.2 Å². The van der Waals surface area contributed by atoms with Crippen molar-refractivity contribution in [1.29, 1.82) is 0 Å². The van der Waals surface area contributed by atoms with E-state index in [4.69, 9.17) is 17.3 Å². The van der Waals surface area contributed by atoms with Crippen LogP contribution in [0.2, 0.25) is 0 Å². The molecule has 0 bridgehead atoms. The van der Waals surface area contributed by atoms with Gasteiger partial charge in [-0.05, 0) is 18.2 Å². The van der Waals surface area contributed by atoms with Crippen LogP contribution < -0.4 is 5.73 Å². The number of halogens is 2. The van der Waals surface area contributed by atoms with Crippen molar-refractivity contribution in [3.8, 4) is 0 Å². The zero-order chi connectivity index (χ0) is 9.84. The molecule has 13 heavy (non-hydrogen) atoms. The minimum Gasteiger partial charge on any atom is -0.398 e. The monoisotopic (exact) mass is 217 g/mol. The molecular formula is C9H9ClFNS. The predicted molar refractivity (Wildman–Crippen MR) is 56.5 cm³/mol. The minimum absolute atomic E-state index is 0.327. The Morgan fingerprint density at radius 2 is 2.31 bits per heavy atom. The van der Waals surface area contributed by atoms with Crippen molar-refractivity contribution in [1.82, 2.24) is 0 Å². The Kier molecular flexibility index (Phi) is 3.63. The average molecular weight is 218 g/mol. The molecule has 1 nitrogen and oxygen atoms in total. The van der Waals surface area contributed by atoms with E-state index in [2.05, 4.69) is 6.58 Å². The number of hydrogen-bond acceptors (Lipinski definition) is 2. The molecule has 0 saturated heterocycles. The Morgan fingerprint density at radius 3 is 2.85 bits per heavy atom. The highest BCUT2D eigenvalue weighted by Crippen LogP contribution is 2.27. The molecule has 4 heteroatoms. The highest BCUT2D eigenvalue weighted by molar-refractivity contribution is 7.99. The average Bonchev–Trinajstić information content (AvgIpc) is 2.02. The number of hydrogen-bond donors (Lipinski definition) is 1. The molecule has 0 radical (unpaired) electrons. The predicted octanol–water partition coefficient (Wildman–Crippen LogP) is 3.25. The molecule has 0 unspecified atom stereocenters. The summed E-state index contributed by atoms with van der Waals surface area (Å²) in [5.41, 5.74) is 6.01. The van der Waals surface area contributed by atoms with Gasteiger partial charge in [-0.15, -0.1) is 11.8 Å². The lowest BCUT2D eigenvalue weighted by Gasteiger charge is -2.03. The molecule has 1 aromatic rings. The lowest BCUT2D eigenvalue weighted by atomic mass is 10.3. The van der Waals surface area contributed by atoms with Gasteiger partial charge in [0.25, 0.3) is 0 Å². The van der Waals surface area contributed by atoms with Gasteiger partial charge >= 0.3 is 0 Å². The van der Waals surface area contributed by atoms with Crippen LogP contribution in [0.3, 0.4) is 0 Å². The molecule has 0 aromatic heterocycles. The third-order valence-corrected chi connectivity index (χ3v) is 2.82. The standard InChI is InChI=1S/C9H9ClFNS/c1-6(10)5-13-9-3-2-7(11)4-8(9)12/h2-4H,1,5,12H2. The number of nitrogens with two attached hydrogens (primary N) is 1. The molecule has 0 spiro atoms. The molecule has 70 valence electrons. The van der Waals surface area contributed by atoms with Gasteiger partial charge < -0.3 is 5.73 Å². The second-order valence-electron chi connectivity index (χ2n) is 2.49. The summed E-state index contributed by atoms with van der Waals surface area (Å²) in [4.78, 5) is 0.822. The molecule has 2 N–H and O–H groups in total. The summed E-state index contributed by atoms with van der Waals surface area (Å²) in [7, 11) is 0. The molecule has 0 aliphatic rings. The molecule has 1 aromatic carbocycles. The van der Waals surface area contributed by atoms with Crippen LogP contribution in [0, 0.1) is 5.82 Å².